The Morgan fingerprint density at radius 1 is 1.18 bits per heavy atom. The maximum atomic E-state index is 9.26. The van der Waals surface area contributed by atoms with Gasteiger partial charge in [0.25, 0.3) is 0 Å². The van der Waals surface area contributed by atoms with Gasteiger partial charge in [0.05, 0.1) is 12.7 Å². The zero-order valence-corrected chi connectivity index (χ0v) is 11.0. The molecule has 3 nitrogen and oxygen atoms in total. The highest BCUT2D eigenvalue weighted by Crippen LogP contribution is 2.25. The minimum Gasteiger partial charge on any atom is -0.395 e. The number of hydrogen-bond donors (Lipinski definition) is 2. The number of aliphatic hydroxyl groups excluding tert-OH is 1. The van der Waals surface area contributed by atoms with E-state index in [1.165, 1.54) is 38.5 Å². The Balaban J connectivity index is 1.54. The molecule has 0 aromatic heterocycles. The molecule has 2 rings (SSSR count). The van der Waals surface area contributed by atoms with Gasteiger partial charge in [0.1, 0.15) is 0 Å². The predicted octanol–water partition coefficient (Wildman–Crippen LogP) is 2.08. The first-order chi connectivity index (χ1) is 8.28. The summed E-state index contributed by atoms with van der Waals surface area (Å²) in [6.07, 6.45) is 9.05. The minimum atomic E-state index is 0.238. The Hall–Kier alpha value is -0.120. The van der Waals surface area contributed by atoms with Crippen LogP contribution in [0.2, 0.25) is 0 Å². The van der Waals surface area contributed by atoms with Crippen LogP contribution in [0.15, 0.2) is 0 Å². The molecule has 2 fully saturated rings. The first kappa shape index (κ1) is 13.3. The summed E-state index contributed by atoms with van der Waals surface area (Å²) in [5.74, 6) is 0.886. The molecule has 0 saturated heterocycles. The fourth-order valence-corrected chi connectivity index (χ4v) is 2.58. The first-order valence-electron chi connectivity index (χ1n) is 7.26. The lowest BCUT2D eigenvalue weighted by molar-refractivity contribution is 0.0129. The van der Waals surface area contributed by atoms with E-state index in [1.54, 1.807) is 0 Å². The molecule has 2 aliphatic rings. The lowest BCUT2D eigenvalue weighted by Gasteiger charge is -2.27. The first-order valence-corrected chi connectivity index (χ1v) is 7.26. The summed E-state index contributed by atoms with van der Waals surface area (Å²) in [5.41, 5.74) is 0. The number of aliphatic hydroxyl groups is 1. The van der Waals surface area contributed by atoms with E-state index in [2.05, 4.69) is 12.2 Å². The van der Waals surface area contributed by atoms with Crippen molar-refractivity contribution in [3.63, 3.8) is 0 Å². The lowest BCUT2D eigenvalue weighted by Crippen LogP contribution is -2.35. The highest BCUT2D eigenvalue weighted by atomic mass is 16.5. The summed E-state index contributed by atoms with van der Waals surface area (Å²) < 4.78 is 5.91. The molecule has 0 radical (unpaired) electrons. The van der Waals surface area contributed by atoms with Gasteiger partial charge in [-0.1, -0.05) is 6.92 Å². The van der Waals surface area contributed by atoms with Crippen molar-refractivity contribution in [2.24, 2.45) is 5.92 Å². The number of ether oxygens (including phenoxy) is 1. The van der Waals surface area contributed by atoms with E-state index >= 15 is 0 Å². The van der Waals surface area contributed by atoms with E-state index < -0.39 is 0 Å². The van der Waals surface area contributed by atoms with E-state index in [1.807, 2.05) is 0 Å². The van der Waals surface area contributed by atoms with Gasteiger partial charge in [-0.25, -0.2) is 0 Å². The summed E-state index contributed by atoms with van der Waals surface area (Å²) in [4.78, 5) is 0. The Bertz CT molecular complexity index is 210. The van der Waals surface area contributed by atoms with Crippen LogP contribution in [0.5, 0.6) is 0 Å². The molecular weight excluding hydrogens is 214 g/mol. The topological polar surface area (TPSA) is 41.5 Å². The van der Waals surface area contributed by atoms with Crippen LogP contribution in [0.1, 0.15) is 51.9 Å². The smallest absolute Gasteiger partial charge is 0.0585 e. The summed E-state index contributed by atoms with van der Waals surface area (Å²) in [6, 6.07) is 0.910. The average Bonchev–Trinajstić information content (AvgIpc) is 3.14. The highest BCUT2D eigenvalue weighted by molar-refractivity contribution is 4.84. The molecule has 17 heavy (non-hydrogen) atoms. The van der Waals surface area contributed by atoms with Crippen LogP contribution < -0.4 is 5.32 Å². The molecule has 0 heterocycles. The van der Waals surface area contributed by atoms with Gasteiger partial charge in [-0.15, -0.1) is 0 Å². The van der Waals surface area contributed by atoms with Gasteiger partial charge in [-0.2, -0.15) is 0 Å². The molecule has 0 amide bonds. The van der Waals surface area contributed by atoms with Gasteiger partial charge in [0.15, 0.2) is 0 Å². The van der Waals surface area contributed by atoms with Crippen molar-refractivity contribution in [1.82, 2.24) is 5.32 Å². The van der Waals surface area contributed by atoms with E-state index in [-0.39, 0.29) is 12.6 Å². The molecule has 0 spiro atoms. The molecule has 2 N–H and O–H groups in total. The molecule has 0 aromatic rings. The average molecular weight is 241 g/mol. The minimum absolute atomic E-state index is 0.238. The van der Waals surface area contributed by atoms with Gasteiger partial charge < -0.3 is 15.2 Å². The molecular formula is C14H27NO2. The van der Waals surface area contributed by atoms with Gasteiger partial charge in [0, 0.05) is 18.7 Å². The molecule has 0 aliphatic heterocycles. The number of nitrogens with one attached hydrogen (secondary N) is 1. The molecule has 1 atom stereocenters. The lowest BCUT2D eigenvalue weighted by atomic mass is 9.89. The van der Waals surface area contributed by atoms with Crippen LogP contribution in [-0.4, -0.2) is 36.5 Å². The predicted molar refractivity (Wildman–Crippen MR) is 69.0 cm³/mol. The fourth-order valence-electron chi connectivity index (χ4n) is 2.58. The van der Waals surface area contributed by atoms with E-state index in [0.717, 1.165) is 18.9 Å². The normalized spacial score (nSPS) is 31.4. The van der Waals surface area contributed by atoms with E-state index in [0.29, 0.717) is 12.1 Å². The maximum Gasteiger partial charge on any atom is 0.0585 e. The quantitative estimate of drug-likeness (QED) is 0.717. The fraction of sp³-hybridized carbons (Fsp3) is 1.00. The van der Waals surface area contributed by atoms with E-state index in [9.17, 15) is 5.11 Å². The molecule has 100 valence electrons. The van der Waals surface area contributed by atoms with Crippen LogP contribution in [0.4, 0.5) is 0 Å². The van der Waals surface area contributed by atoms with Crippen molar-refractivity contribution < 1.29 is 9.84 Å². The second-order valence-electron chi connectivity index (χ2n) is 5.86. The van der Waals surface area contributed by atoms with E-state index in [4.69, 9.17) is 4.74 Å². The van der Waals surface area contributed by atoms with Crippen molar-refractivity contribution in [3.8, 4) is 0 Å². The third-order valence-corrected chi connectivity index (χ3v) is 4.05. The largest absolute Gasteiger partial charge is 0.395 e. The van der Waals surface area contributed by atoms with Crippen LogP contribution in [-0.2, 0) is 4.74 Å². The zero-order chi connectivity index (χ0) is 12.1. The van der Waals surface area contributed by atoms with Crippen LogP contribution in [0.3, 0.4) is 0 Å². The van der Waals surface area contributed by atoms with Gasteiger partial charge in [0.2, 0.25) is 0 Å². The van der Waals surface area contributed by atoms with Crippen LogP contribution in [0, 0.1) is 5.92 Å². The summed E-state index contributed by atoms with van der Waals surface area (Å²) >= 11 is 0. The van der Waals surface area contributed by atoms with Crippen molar-refractivity contribution >= 4 is 0 Å². The SMILES string of the molecule is CC1CCC(OCCC(CO)NC2CC2)CC1. The van der Waals surface area contributed by atoms with Crippen LogP contribution >= 0.6 is 0 Å². The van der Waals surface area contributed by atoms with Crippen molar-refractivity contribution in [3.05, 3.63) is 0 Å². The Kier molecular flexibility index (Phi) is 5.26. The third kappa shape index (κ3) is 4.94. The summed E-state index contributed by atoms with van der Waals surface area (Å²) in [6.45, 7) is 3.36. The molecule has 2 aliphatic carbocycles. The molecule has 0 aromatic carbocycles. The second-order valence-corrected chi connectivity index (χ2v) is 5.86. The number of hydrogen-bond acceptors (Lipinski definition) is 3. The third-order valence-electron chi connectivity index (χ3n) is 4.05. The molecule has 1 unspecified atom stereocenters. The molecule has 2 saturated carbocycles. The Labute approximate surface area is 105 Å². The maximum absolute atomic E-state index is 9.26. The van der Waals surface area contributed by atoms with Gasteiger partial charge in [-0.3, -0.25) is 0 Å². The zero-order valence-electron chi connectivity index (χ0n) is 11.0. The Morgan fingerprint density at radius 3 is 2.47 bits per heavy atom. The Morgan fingerprint density at radius 2 is 1.88 bits per heavy atom. The summed E-state index contributed by atoms with van der Waals surface area (Å²) in [7, 11) is 0. The molecule has 3 heteroatoms. The van der Waals surface area contributed by atoms with Crippen molar-refractivity contribution in [2.75, 3.05) is 13.2 Å². The molecule has 0 bridgehead atoms. The van der Waals surface area contributed by atoms with Crippen LogP contribution in [0.25, 0.3) is 0 Å². The van der Waals surface area contributed by atoms with Crippen molar-refractivity contribution in [2.45, 2.75) is 70.1 Å². The van der Waals surface area contributed by atoms with Gasteiger partial charge >= 0.3 is 0 Å². The summed E-state index contributed by atoms with van der Waals surface area (Å²) in [5, 5.41) is 12.7. The van der Waals surface area contributed by atoms with Gasteiger partial charge in [-0.05, 0) is 50.9 Å². The number of rotatable bonds is 7. The van der Waals surface area contributed by atoms with Crippen molar-refractivity contribution in [1.29, 1.82) is 0 Å². The second kappa shape index (κ2) is 6.72. The monoisotopic (exact) mass is 241 g/mol. The standard InChI is InChI=1S/C14H27NO2/c1-11-2-6-14(7-3-11)17-9-8-13(10-16)15-12-4-5-12/h11-16H,2-10H2,1H3. The highest BCUT2D eigenvalue weighted by Gasteiger charge is 2.24.